The largest absolute Gasteiger partial charge is 1.00 e. The van der Waals surface area contributed by atoms with E-state index in [1.165, 1.54) is 6.16 Å². The van der Waals surface area contributed by atoms with Crippen LogP contribution in [0.3, 0.4) is 0 Å². The van der Waals surface area contributed by atoms with Crippen molar-refractivity contribution in [1.82, 2.24) is 0 Å². The highest BCUT2D eigenvalue weighted by atomic mass is 127. The standard InChI is InChI=1S/C5H14P.HI/c1-5-6(2,3)4;/h5H2,1-4H3;1H/q+1;/p-1. The van der Waals surface area contributed by atoms with E-state index >= 15 is 0 Å². The lowest BCUT2D eigenvalue weighted by Gasteiger charge is -2.05. The zero-order valence-corrected chi connectivity index (χ0v) is 8.58. The third-order valence-corrected chi connectivity index (χ3v) is 2.85. The second-order valence-electron chi connectivity index (χ2n) is 2.61. The van der Waals surface area contributed by atoms with Crippen LogP contribution in [0.25, 0.3) is 0 Å². The van der Waals surface area contributed by atoms with Gasteiger partial charge in [0.1, 0.15) is 0 Å². The molecule has 46 valence electrons. The van der Waals surface area contributed by atoms with Crippen LogP contribution in [0.2, 0.25) is 0 Å². The molecule has 0 aromatic heterocycles. The van der Waals surface area contributed by atoms with E-state index in [4.69, 9.17) is 0 Å². The van der Waals surface area contributed by atoms with Crippen LogP contribution >= 0.6 is 7.26 Å². The van der Waals surface area contributed by atoms with Crippen LogP contribution < -0.4 is 24.0 Å². The van der Waals surface area contributed by atoms with Gasteiger partial charge in [-0.2, -0.15) is 0 Å². The van der Waals surface area contributed by atoms with Gasteiger partial charge in [-0.25, -0.2) is 0 Å². The molecule has 0 bridgehead atoms. The van der Waals surface area contributed by atoms with E-state index in [0.29, 0.717) is 0 Å². The van der Waals surface area contributed by atoms with E-state index in [1.807, 2.05) is 0 Å². The molecule has 0 saturated carbocycles. The minimum absolute atomic E-state index is 0. The summed E-state index contributed by atoms with van der Waals surface area (Å²) in [4.78, 5) is 0. The Hall–Kier alpha value is 1.16. The lowest BCUT2D eigenvalue weighted by atomic mass is 11.0. The maximum Gasteiger partial charge on any atom is 0.0558 e. The Kier molecular flexibility index (Phi) is 6.43. The highest BCUT2D eigenvalue weighted by Gasteiger charge is 2.10. The van der Waals surface area contributed by atoms with Gasteiger partial charge in [0.05, 0.1) is 6.16 Å². The summed E-state index contributed by atoms with van der Waals surface area (Å²) in [6.07, 6.45) is 1.38. The van der Waals surface area contributed by atoms with E-state index in [9.17, 15) is 0 Å². The van der Waals surface area contributed by atoms with E-state index in [2.05, 4.69) is 26.9 Å². The molecule has 2 heteroatoms. The first-order chi connectivity index (χ1) is 2.56. The Morgan fingerprint density at radius 1 is 1.14 bits per heavy atom. The monoisotopic (exact) mass is 232 g/mol. The topological polar surface area (TPSA) is 0 Å². The first kappa shape index (κ1) is 11.0. The molecular formula is C5H14IP. The van der Waals surface area contributed by atoms with Gasteiger partial charge in [0.25, 0.3) is 0 Å². The Bertz CT molecular complexity index is 37.8. The smallest absolute Gasteiger partial charge is 0.0558 e. The van der Waals surface area contributed by atoms with E-state index in [1.54, 1.807) is 0 Å². The molecule has 0 fully saturated rings. The zero-order valence-electron chi connectivity index (χ0n) is 5.53. The van der Waals surface area contributed by atoms with Crippen molar-refractivity contribution in [2.75, 3.05) is 26.2 Å². The summed E-state index contributed by atoms with van der Waals surface area (Å²) in [6, 6.07) is 0. The average Bonchev–Trinajstić information content (AvgIpc) is 1.35. The van der Waals surface area contributed by atoms with Crippen molar-refractivity contribution in [3.05, 3.63) is 0 Å². The SMILES string of the molecule is CC[P+](C)(C)C.[I-]. The summed E-state index contributed by atoms with van der Waals surface area (Å²) < 4.78 is 0. The molecular weight excluding hydrogens is 218 g/mol. The van der Waals surface area contributed by atoms with Gasteiger partial charge < -0.3 is 24.0 Å². The quantitative estimate of drug-likeness (QED) is 0.398. The van der Waals surface area contributed by atoms with Crippen molar-refractivity contribution in [1.29, 1.82) is 0 Å². The lowest BCUT2D eigenvalue weighted by molar-refractivity contribution is -0.00000166. The van der Waals surface area contributed by atoms with Crippen LogP contribution in [0.5, 0.6) is 0 Å². The van der Waals surface area contributed by atoms with Gasteiger partial charge in [0.15, 0.2) is 0 Å². The molecule has 0 heterocycles. The fraction of sp³-hybridized carbons (Fsp3) is 1.00. The molecule has 0 amide bonds. The number of rotatable bonds is 1. The van der Waals surface area contributed by atoms with Crippen molar-refractivity contribution in [2.24, 2.45) is 0 Å². The Morgan fingerprint density at radius 2 is 1.29 bits per heavy atom. The normalized spacial score (nSPS) is 10.3. The van der Waals surface area contributed by atoms with Crippen molar-refractivity contribution >= 4 is 7.26 Å². The average molecular weight is 232 g/mol. The number of halogens is 1. The molecule has 0 aromatic rings. The predicted molar refractivity (Wildman–Crippen MR) is 35.2 cm³/mol. The minimum atomic E-state index is -0.397. The molecule has 0 unspecified atom stereocenters. The molecule has 0 saturated heterocycles. The van der Waals surface area contributed by atoms with E-state index in [-0.39, 0.29) is 24.0 Å². The molecule has 0 aliphatic carbocycles. The Labute approximate surface area is 64.4 Å². The maximum atomic E-state index is 2.35. The Balaban J connectivity index is 0. The van der Waals surface area contributed by atoms with Crippen LogP contribution in [0.4, 0.5) is 0 Å². The molecule has 0 aliphatic rings. The third-order valence-electron chi connectivity index (χ3n) is 0.949. The van der Waals surface area contributed by atoms with Crippen LogP contribution in [0.1, 0.15) is 6.92 Å². The fourth-order valence-electron chi connectivity index (χ4n) is 0. The molecule has 0 rings (SSSR count). The molecule has 0 N–H and O–H groups in total. The minimum Gasteiger partial charge on any atom is -1.00 e. The second-order valence-corrected chi connectivity index (χ2v) is 7.82. The first-order valence-electron chi connectivity index (χ1n) is 2.36. The molecule has 0 aromatic carbocycles. The summed E-state index contributed by atoms with van der Waals surface area (Å²) in [5.41, 5.74) is 0. The van der Waals surface area contributed by atoms with Gasteiger partial charge in [-0.3, -0.25) is 0 Å². The molecule has 0 atom stereocenters. The van der Waals surface area contributed by atoms with Crippen molar-refractivity contribution < 1.29 is 24.0 Å². The predicted octanol–water partition coefficient (Wildman–Crippen LogP) is -1.08. The van der Waals surface area contributed by atoms with Crippen LogP contribution in [-0.2, 0) is 0 Å². The number of hydrogen-bond acceptors (Lipinski definition) is 0. The highest BCUT2D eigenvalue weighted by molar-refractivity contribution is 7.73. The summed E-state index contributed by atoms with van der Waals surface area (Å²) in [7, 11) is -0.397. The van der Waals surface area contributed by atoms with Gasteiger partial charge in [0.2, 0.25) is 0 Å². The highest BCUT2D eigenvalue weighted by Crippen LogP contribution is 2.45. The summed E-state index contributed by atoms with van der Waals surface area (Å²) >= 11 is 0. The molecule has 0 nitrogen and oxygen atoms in total. The van der Waals surface area contributed by atoms with Crippen LogP contribution in [0, 0.1) is 0 Å². The van der Waals surface area contributed by atoms with Crippen molar-refractivity contribution in [3.63, 3.8) is 0 Å². The van der Waals surface area contributed by atoms with Gasteiger partial charge in [-0.15, -0.1) is 0 Å². The van der Waals surface area contributed by atoms with Gasteiger partial charge in [-0.1, -0.05) is 0 Å². The molecule has 0 radical (unpaired) electrons. The fourth-order valence-corrected chi connectivity index (χ4v) is 0. The molecule has 0 aliphatic heterocycles. The summed E-state index contributed by atoms with van der Waals surface area (Å²) in [6.45, 7) is 9.32. The summed E-state index contributed by atoms with van der Waals surface area (Å²) in [5, 5.41) is 0. The van der Waals surface area contributed by atoms with Gasteiger partial charge >= 0.3 is 0 Å². The maximum absolute atomic E-state index is 2.35. The van der Waals surface area contributed by atoms with Crippen molar-refractivity contribution in [3.8, 4) is 0 Å². The Morgan fingerprint density at radius 3 is 1.29 bits per heavy atom. The third kappa shape index (κ3) is 11.0. The van der Waals surface area contributed by atoms with Crippen molar-refractivity contribution in [2.45, 2.75) is 6.92 Å². The lowest BCUT2D eigenvalue weighted by Crippen LogP contribution is -3.00. The molecule has 7 heavy (non-hydrogen) atoms. The molecule has 0 spiro atoms. The van der Waals surface area contributed by atoms with Crippen LogP contribution in [0.15, 0.2) is 0 Å². The second kappa shape index (κ2) is 4.08. The van der Waals surface area contributed by atoms with Crippen LogP contribution in [-0.4, -0.2) is 26.2 Å². The first-order valence-corrected chi connectivity index (χ1v) is 5.68. The van der Waals surface area contributed by atoms with Gasteiger partial charge in [-0.05, 0) is 6.92 Å². The van der Waals surface area contributed by atoms with E-state index in [0.717, 1.165) is 0 Å². The van der Waals surface area contributed by atoms with Gasteiger partial charge in [0, 0.05) is 27.3 Å². The van der Waals surface area contributed by atoms with E-state index < -0.39 is 7.26 Å². The summed E-state index contributed by atoms with van der Waals surface area (Å²) in [5.74, 6) is 0. The number of hydrogen-bond donors (Lipinski definition) is 0. The zero-order chi connectivity index (χ0) is 5.21.